The van der Waals surface area contributed by atoms with E-state index in [1.165, 1.54) is 0 Å². The first-order valence-electron chi connectivity index (χ1n) is 9.65. The number of aryl methyl sites for hydroxylation is 1. The van der Waals surface area contributed by atoms with Crippen LogP contribution in [0.25, 0.3) is 0 Å². The largest absolute Gasteiger partial charge is 0.378 e. The van der Waals surface area contributed by atoms with Crippen molar-refractivity contribution in [2.45, 2.75) is 13.3 Å². The van der Waals surface area contributed by atoms with Gasteiger partial charge in [0.25, 0.3) is 0 Å². The highest BCUT2D eigenvalue weighted by Crippen LogP contribution is 2.19. The van der Waals surface area contributed by atoms with Crippen molar-refractivity contribution in [3.8, 4) is 0 Å². The number of piperidine rings is 1. The fourth-order valence-electron chi connectivity index (χ4n) is 3.53. The van der Waals surface area contributed by atoms with Crippen LogP contribution in [0.15, 0.2) is 18.3 Å². The Hall–Kier alpha value is -2.19. The topological polar surface area (TPSA) is 95.6 Å². The van der Waals surface area contributed by atoms with Gasteiger partial charge in [-0.05, 0) is 31.0 Å². The van der Waals surface area contributed by atoms with Crippen LogP contribution in [-0.2, 0) is 14.3 Å². The number of amides is 2. The Morgan fingerprint density at radius 1 is 1.26 bits per heavy atom. The molecule has 0 unspecified atom stereocenters. The second-order valence-electron chi connectivity index (χ2n) is 7.16. The van der Waals surface area contributed by atoms with E-state index in [1.807, 2.05) is 24.0 Å². The molecule has 8 heteroatoms. The Balaban J connectivity index is 1.40. The second-order valence-corrected chi connectivity index (χ2v) is 7.16. The number of nitrogens with zero attached hydrogens (tertiary/aromatic N) is 2. The normalized spacial score (nSPS) is 22.9. The highest BCUT2D eigenvalue weighted by Gasteiger charge is 2.33. The molecular weight excluding hydrogens is 346 g/mol. The Labute approximate surface area is 160 Å². The molecule has 148 valence electrons. The average molecular weight is 375 g/mol. The van der Waals surface area contributed by atoms with Gasteiger partial charge in [-0.15, -0.1) is 0 Å². The smallest absolute Gasteiger partial charge is 0.227 e. The van der Waals surface area contributed by atoms with Crippen molar-refractivity contribution in [3.63, 3.8) is 0 Å². The summed E-state index contributed by atoms with van der Waals surface area (Å²) in [5.74, 6) is 0.629. The maximum Gasteiger partial charge on any atom is 0.227 e. The summed E-state index contributed by atoms with van der Waals surface area (Å²) in [5.41, 5.74) is 1.14. The van der Waals surface area contributed by atoms with Gasteiger partial charge < -0.3 is 25.6 Å². The zero-order valence-corrected chi connectivity index (χ0v) is 15.9. The molecule has 3 N–H and O–H groups in total. The van der Waals surface area contributed by atoms with Gasteiger partial charge in [-0.1, -0.05) is 0 Å². The third-order valence-corrected chi connectivity index (χ3v) is 5.04. The number of ether oxygens (including phenoxy) is 1. The molecule has 0 aliphatic carbocycles. The van der Waals surface area contributed by atoms with Crippen molar-refractivity contribution in [2.24, 2.45) is 11.8 Å². The predicted octanol–water partition coefficient (Wildman–Crippen LogP) is 0.00262. The molecule has 8 nitrogen and oxygen atoms in total. The molecule has 2 saturated heterocycles. The maximum absolute atomic E-state index is 12.6. The number of rotatable bonds is 6. The summed E-state index contributed by atoms with van der Waals surface area (Å²) in [6.07, 6.45) is 2.36. The fraction of sp³-hybridized carbons (Fsp3) is 0.632. The van der Waals surface area contributed by atoms with Gasteiger partial charge in [0.1, 0.15) is 5.82 Å². The molecule has 2 aliphatic rings. The average Bonchev–Trinajstić information content (AvgIpc) is 2.71. The summed E-state index contributed by atoms with van der Waals surface area (Å²) in [6.45, 7) is 6.88. The van der Waals surface area contributed by atoms with Crippen molar-refractivity contribution in [1.29, 1.82) is 0 Å². The lowest BCUT2D eigenvalue weighted by atomic mass is 9.88. The molecule has 2 aliphatic heterocycles. The van der Waals surface area contributed by atoms with E-state index in [9.17, 15) is 9.59 Å². The molecule has 3 heterocycles. The number of hydrogen-bond acceptors (Lipinski definition) is 6. The van der Waals surface area contributed by atoms with Crippen LogP contribution in [0.2, 0.25) is 0 Å². The van der Waals surface area contributed by atoms with Crippen LogP contribution in [0, 0.1) is 18.8 Å². The lowest BCUT2D eigenvalue weighted by molar-refractivity contribution is -0.141. The van der Waals surface area contributed by atoms with E-state index in [0.29, 0.717) is 58.9 Å². The summed E-state index contributed by atoms with van der Waals surface area (Å²) in [4.78, 5) is 31.2. The Morgan fingerprint density at radius 3 is 2.81 bits per heavy atom. The first kappa shape index (κ1) is 19.6. The van der Waals surface area contributed by atoms with Crippen molar-refractivity contribution in [3.05, 3.63) is 23.9 Å². The number of carbonyl (C=O) groups excluding carboxylic acids is 2. The lowest BCUT2D eigenvalue weighted by Crippen LogP contribution is -2.51. The van der Waals surface area contributed by atoms with E-state index < -0.39 is 0 Å². The minimum Gasteiger partial charge on any atom is -0.378 e. The molecule has 27 heavy (non-hydrogen) atoms. The van der Waals surface area contributed by atoms with E-state index in [-0.39, 0.29) is 23.7 Å². The van der Waals surface area contributed by atoms with Gasteiger partial charge in [0, 0.05) is 45.5 Å². The van der Waals surface area contributed by atoms with Crippen LogP contribution in [-0.4, -0.2) is 74.2 Å². The monoisotopic (exact) mass is 375 g/mol. The Bertz CT molecular complexity index is 648. The van der Waals surface area contributed by atoms with Gasteiger partial charge in [-0.3, -0.25) is 9.59 Å². The van der Waals surface area contributed by atoms with Gasteiger partial charge in [-0.2, -0.15) is 0 Å². The van der Waals surface area contributed by atoms with E-state index in [1.54, 1.807) is 6.20 Å². The number of hydrogen-bond donors (Lipinski definition) is 3. The van der Waals surface area contributed by atoms with Gasteiger partial charge in [-0.25, -0.2) is 4.98 Å². The first-order valence-corrected chi connectivity index (χ1v) is 9.65. The number of morpholine rings is 1. The summed E-state index contributed by atoms with van der Waals surface area (Å²) in [5, 5.41) is 9.40. The molecule has 0 saturated carbocycles. The first-order chi connectivity index (χ1) is 13.1. The molecule has 1 aromatic heterocycles. The van der Waals surface area contributed by atoms with Crippen molar-refractivity contribution in [2.75, 3.05) is 57.8 Å². The van der Waals surface area contributed by atoms with Crippen molar-refractivity contribution < 1.29 is 14.3 Å². The summed E-state index contributed by atoms with van der Waals surface area (Å²) in [7, 11) is 0. The second kappa shape index (κ2) is 9.66. The zero-order chi connectivity index (χ0) is 19.1. The Morgan fingerprint density at radius 2 is 2.04 bits per heavy atom. The number of nitrogens with one attached hydrogen (secondary N) is 3. The van der Waals surface area contributed by atoms with E-state index in [4.69, 9.17) is 4.74 Å². The molecular formula is C19H29N5O3. The minimum atomic E-state index is -0.175. The van der Waals surface area contributed by atoms with E-state index in [2.05, 4.69) is 20.9 Å². The number of carbonyl (C=O) groups is 2. The lowest BCUT2D eigenvalue weighted by Gasteiger charge is -2.34. The van der Waals surface area contributed by atoms with Crippen LogP contribution >= 0.6 is 0 Å². The van der Waals surface area contributed by atoms with Crippen LogP contribution in [0.5, 0.6) is 0 Å². The number of pyridine rings is 1. The molecule has 0 bridgehead atoms. The zero-order valence-electron chi connectivity index (χ0n) is 15.9. The molecule has 0 radical (unpaired) electrons. The van der Waals surface area contributed by atoms with Gasteiger partial charge >= 0.3 is 0 Å². The van der Waals surface area contributed by atoms with E-state index in [0.717, 1.165) is 11.4 Å². The molecule has 0 aromatic carbocycles. The number of anilines is 1. The standard InChI is InChI=1S/C19H29N5O3/c1-14-2-3-21-17(10-14)22-4-5-23-18(25)15-11-16(13-20-12-15)19(26)24-6-8-27-9-7-24/h2-3,10,15-16,20H,4-9,11-13H2,1H3,(H,21,22)(H,23,25)/t15-,16+/m1/s1. The highest BCUT2D eigenvalue weighted by molar-refractivity contribution is 5.83. The van der Waals surface area contributed by atoms with Crippen LogP contribution in [0.1, 0.15) is 12.0 Å². The molecule has 0 spiro atoms. The van der Waals surface area contributed by atoms with E-state index >= 15 is 0 Å². The van der Waals surface area contributed by atoms with Crippen molar-refractivity contribution >= 4 is 17.6 Å². The molecule has 2 fully saturated rings. The molecule has 1 aromatic rings. The number of aromatic nitrogens is 1. The van der Waals surface area contributed by atoms with Gasteiger partial charge in [0.2, 0.25) is 11.8 Å². The van der Waals surface area contributed by atoms with Crippen molar-refractivity contribution in [1.82, 2.24) is 20.5 Å². The molecule has 2 amide bonds. The summed E-state index contributed by atoms with van der Waals surface area (Å²) >= 11 is 0. The summed E-state index contributed by atoms with van der Waals surface area (Å²) in [6, 6.07) is 3.91. The van der Waals surface area contributed by atoms with Crippen LogP contribution in [0.3, 0.4) is 0 Å². The Kier molecular flexibility index (Phi) is 7.00. The molecule has 2 atom stereocenters. The minimum absolute atomic E-state index is 0.000906. The van der Waals surface area contributed by atoms with Gasteiger partial charge in [0.05, 0.1) is 25.0 Å². The highest BCUT2D eigenvalue weighted by atomic mass is 16.5. The van der Waals surface area contributed by atoms with Crippen LogP contribution < -0.4 is 16.0 Å². The quantitative estimate of drug-likeness (QED) is 0.606. The third-order valence-electron chi connectivity index (χ3n) is 5.04. The maximum atomic E-state index is 12.6. The third kappa shape index (κ3) is 5.64. The SMILES string of the molecule is Cc1ccnc(NCCNC(=O)[C@H]2CNC[C@@H](C(=O)N3CCOCC3)C2)c1. The van der Waals surface area contributed by atoms with Crippen LogP contribution in [0.4, 0.5) is 5.82 Å². The predicted molar refractivity (Wildman–Crippen MR) is 102 cm³/mol. The fourth-order valence-corrected chi connectivity index (χ4v) is 3.53. The summed E-state index contributed by atoms with van der Waals surface area (Å²) < 4.78 is 5.31. The van der Waals surface area contributed by atoms with Gasteiger partial charge in [0.15, 0.2) is 0 Å². The molecule has 3 rings (SSSR count).